The molecule has 6 nitrogen and oxygen atoms in total. The van der Waals surface area contributed by atoms with Gasteiger partial charge in [0, 0.05) is 5.56 Å². The van der Waals surface area contributed by atoms with Gasteiger partial charge in [-0.15, -0.1) is 11.3 Å². The molecule has 0 aliphatic carbocycles. The molecule has 7 heteroatoms. The lowest BCUT2D eigenvalue weighted by atomic mass is 10.2. The van der Waals surface area contributed by atoms with Crippen LogP contribution in [0.5, 0.6) is 0 Å². The molecule has 0 bridgehead atoms. The Bertz CT molecular complexity index is 815. The highest BCUT2D eigenvalue weighted by molar-refractivity contribution is 7.18. The van der Waals surface area contributed by atoms with Crippen LogP contribution in [-0.2, 0) is 16.1 Å². The Balaban J connectivity index is 1.42. The van der Waals surface area contributed by atoms with Crippen molar-refractivity contribution in [1.29, 1.82) is 0 Å². The summed E-state index contributed by atoms with van der Waals surface area (Å²) in [5.74, 6) is -0.810. The predicted molar refractivity (Wildman–Crippen MR) is 91.3 cm³/mol. The number of nitrogens with one attached hydrogen (secondary N) is 2. The maximum Gasteiger partial charge on any atom is 0.269 e. The normalized spacial score (nSPS) is 10.5. The van der Waals surface area contributed by atoms with Gasteiger partial charge in [-0.3, -0.25) is 20.4 Å². The lowest BCUT2D eigenvalue weighted by Crippen LogP contribution is -2.43. The summed E-state index contributed by atoms with van der Waals surface area (Å²) in [6, 6.07) is 16.4. The first-order chi connectivity index (χ1) is 11.7. The number of para-hydroxylation sites is 1. The van der Waals surface area contributed by atoms with E-state index < -0.39 is 5.91 Å². The molecule has 3 rings (SSSR count). The second-order valence-electron chi connectivity index (χ2n) is 4.94. The van der Waals surface area contributed by atoms with Gasteiger partial charge in [-0.25, -0.2) is 4.98 Å². The zero-order valence-electron chi connectivity index (χ0n) is 12.7. The van der Waals surface area contributed by atoms with E-state index in [1.807, 2.05) is 30.3 Å². The number of ether oxygens (including phenoxy) is 1. The summed E-state index contributed by atoms with van der Waals surface area (Å²) in [7, 11) is 0. The van der Waals surface area contributed by atoms with Crippen molar-refractivity contribution in [3.63, 3.8) is 0 Å². The fourth-order valence-corrected chi connectivity index (χ4v) is 2.94. The second kappa shape index (κ2) is 7.67. The van der Waals surface area contributed by atoms with E-state index in [4.69, 9.17) is 4.74 Å². The fourth-order valence-electron chi connectivity index (χ4n) is 2.04. The minimum absolute atomic E-state index is 0.162. The predicted octanol–water partition coefficient (Wildman–Crippen LogP) is 2.27. The summed E-state index contributed by atoms with van der Waals surface area (Å²) in [5.41, 5.74) is 6.03. The highest BCUT2D eigenvalue weighted by Crippen LogP contribution is 2.21. The van der Waals surface area contributed by atoms with Crippen LogP contribution in [0.4, 0.5) is 0 Å². The standard InChI is InChI=1S/C17H15N3O3S/c21-15(19-20-17(22)12-6-2-1-3-7-12)10-23-11-16-18-13-8-4-5-9-14(13)24-16/h1-9H,10-11H2,(H,19,21)(H,20,22). The number of aromatic nitrogens is 1. The number of carbonyl (C=O) groups is 2. The summed E-state index contributed by atoms with van der Waals surface area (Å²) in [6.45, 7) is 0.0877. The van der Waals surface area contributed by atoms with Crippen LogP contribution in [-0.4, -0.2) is 23.4 Å². The number of hydrogen-bond donors (Lipinski definition) is 2. The number of carbonyl (C=O) groups excluding carboxylic acids is 2. The fraction of sp³-hybridized carbons (Fsp3) is 0.118. The van der Waals surface area contributed by atoms with Crippen LogP contribution in [0.3, 0.4) is 0 Å². The summed E-state index contributed by atoms with van der Waals surface area (Å²) in [4.78, 5) is 27.9. The van der Waals surface area contributed by atoms with Gasteiger partial charge in [0.25, 0.3) is 11.8 Å². The first-order valence-electron chi connectivity index (χ1n) is 7.29. The molecule has 2 N–H and O–H groups in total. The molecule has 0 fully saturated rings. The molecular weight excluding hydrogens is 326 g/mol. The van der Waals surface area contributed by atoms with Crippen molar-refractivity contribution in [2.75, 3.05) is 6.61 Å². The topological polar surface area (TPSA) is 80.3 Å². The van der Waals surface area contributed by atoms with Crippen LogP contribution in [0.15, 0.2) is 54.6 Å². The summed E-state index contributed by atoms with van der Waals surface area (Å²) in [6.07, 6.45) is 0. The average molecular weight is 341 g/mol. The number of nitrogens with zero attached hydrogens (tertiary/aromatic N) is 1. The lowest BCUT2D eigenvalue weighted by molar-refractivity contribution is -0.126. The third-order valence-corrected chi connectivity index (χ3v) is 4.16. The Morgan fingerprint density at radius 1 is 1.00 bits per heavy atom. The first kappa shape index (κ1) is 16.1. The summed E-state index contributed by atoms with van der Waals surface area (Å²) in [5, 5.41) is 0.803. The minimum atomic E-state index is -0.430. The molecule has 0 spiro atoms. The Morgan fingerprint density at radius 2 is 1.75 bits per heavy atom. The van der Waals surface area contributed by atoms with Gasteiger partial charge < -0.3 is 4.74 Å². The summed E-state index contributed by atoms with van der Waals surface area (Å²) >= 11 is 1.53. The van der Waals surface area contributed by atoms with Gasteiger partial charge in [-0.1, -0.05) is 30.3 Å². The van der Waals surface area contributed by atoms with Crippen LogP contribution in [0.25, 0.3) is 10.2 Å². The number of fused-ring (bicyclic) bond motifs is 1. The lowest BCUT2D eigenvalue weighted by Gasteiger charge is -2.07. The van der Waals surface area contributed by atoms with Gasteiger partial charge in [0.1, 0.15) is 11.6 Å². The highest BCUT2D eigenvalue weighted by Gasteiger charge is 2.08. The minimum Gasteiger partial charge on any atom is -0.364 e. The molecule has 0 aliphatic rings. The smallest absolute Gasteiger partial charge is 0.269 e. The van der Waals surface area contributed by atoms with Gasteiger partial charge in [-0.05, 0) is 24.3 Å². The van der Waals surface area contributed by atoms with E-state index in [1.54, 1.807) is 24.3 Å². The van der Waals surface area contributed by atoms with Gasteiger partial charge in [-0.2, -0.15) is 0 Å². The monoisotopic (exact) mass is 341 g/mol. The molecule has 1 aromatic heterocycles. The number of rotatable bonds is 5. The Morgan fingerprint density at radius 3 is 2.54 bits per heavy atom. The van der Waals surface area contributed by atoms with E-state index >= 15 is 0 Å². The van der Waals surface area contributed by atoms with E-state index in [1.165, 1.54) is 11.3 Å². The SMILES string of the molecule is O=C(COCc1nc2ccccc2s1)NNC(=O)c1ccccc1. The second-order valence-corrected chi connectivity index (χ2v) is 6.05. The van der Waals surface area contributed by atoms with Gasteiger partial charge in [0.05, 0.1) is 16.8 Å². The molecule has 0 atom stereocenters. The van der Waals surface area contributed by atoms with Crippen LogP contribution in [0.1, 0.15) is 15.4 Å². The Hall–Kier alpha value is -2.77. The van der Waals surface area contributed by atoms with Crippen LogP contribution in [0, 0.1) is 0 Å². The van der Waals surface area contributed by atoms with Crippen LogP contribution in [0.2, 0.25) is 0 Å². The highest BCUT2D eigenvalue weighted by atomic mass is 32.1. The largest absolute Gasteiger partial charge is 0.364 e. The molecule has 2 aromatic carbocycles. The van der Waals surface area contributed by atoms with Crippen molar-refractivity contribution in [2.24, 2.45) is 0 Å². The van der Waals surface area contributed by atoms with E-state index in [-0.39, 0.29) is 19.1 Å². The molecule has 0 aliphatic heterocycles. The number of hydrogen-bond acceptors (Lipinski definition) is 5. The molecule has 0 saturated heterocycles. The number of hydrazine groups is 1. The summed E-state index contributed by atoms with van der Waals surface area (Å²) < 4.78 is 6.41. The number of thiazole rings is 1. The molecule has 24 heavy (non-hydrogen) atoms. The number of amides is 2. The zero-order valence-corrected chi connectivity index (χ0v) is 13.5. The van der Waals surface area contributed by atoms with E-state index in [0.717, 1.165) is 15.2 Å². The maximum atomic E-state index is 11.8. The van der Waals surface area contributed by atoms with Crippen molar-refractivity contribution in [3.05, 3.63) is 65.2 Å². The van der Waals surface area contributed by atoms with Crippen molar-refractivity contribution < 1.29 is 14.3 Å². The van der Waals surface area contributed by atoms with Gasteiger partial charge in [0.15, 0.2) is 0 Å². The van der Waals surface area contributed by atoms with E-state index in [9.17, 15) is 9.59 Å². The van der Waals surface area contributed by atoms with Crippen molar-refractivity contribution in [3.8, 4) is 0 Å². The molecule has 2 amide bonds. The van der Waals surface area contributed by atoms with E-state index in [2.05, 4.69) is 15.8 Å². The average Bonchev–Trinajstić information content (AvgIpc) is 3.03. The third kappa shape index (κ3) is 4.15. The molecular formula is C17H15N3O3S. The third-order valence-electron chi connectivity index (χ3n) is 3.15. The first-order valence-corrected chi connectivity index (χ1v) is 8.10. The van der Waals surface area contributed by atoms with Crippen LogP contribution < -0.4 is 10.9 Å². The quantitative estimate of drug-likeness (QED) is 0.698. The van der Waals surface area contributed by atoms with Crippen molar-refractivity contribution in [2.45, 2.75) is 6.61 Å². The van der Waals surface area contributed by atoms with Crippen molar-refractivity contribution >= 4 is 33.4 Å². The van der Waals surface area contributed by atoms with Gasteiger partial charge >= 0.3 is 0 Å². The molecule has 0 unspecified atom stereocenters. The number of benzene rings is 2. The maximum absolute atomic E-state index is 11.8. The van der Waals surface area contributed by atoms with E-state index in [0.29, 0.717) is 5.56 Å². The molecule has 0 saturated carbocycles. The Labute approximate surface area is 142 Å². The molecule has 122 valence electrons. The van der Waals surface area contributed by atoms with Gasteiger partial charge in [0.2, 0.25) is 0 Å². The molecule has 1 heterocycles. The molecule has 0 radical (unpaired) electrons. The van der Waals surface area contributed by atoms with Crippen molar-refractivity contribution in [1.82, 2.24) is 15.8 Å². The molecule has 3 aromatic rings. The van der Waals surface area contributed by atoms with Crippen LogP contribution >= 0.6 is 11.3 Å². The Kier molecular flexibility index (Phi) is 5.15. The zero-order chi connectivity index (χ0) is 16.8.